The molecule has 1 aromatic carbocycles. The molecule has 4 nitrogen and oxygen atoms in total. The molecule has 0 bridgehead atoms. The van der Waals surface area contributed by atoms with Crippen molar-refractivity contribution >= 4 is 17.5 Å². The highest BCUT2D eigenvalue weighted by molar-refractivity contribution is 6.31. The maximum Gasteiger partial charge on any atom is 0.249 e. The van der Waals surface area contributed by atoms with Gasteiger partial charge in [-0.2, -0.15) is 0 Å². The van der Waals surface area contributed by atoms with Crippen LogP contribution in [0.1, 0.15) is 30.7 Å². The number of hydrogen-bond acceptors (Lipinski definition) is 3. The van der Waals surface area contributed by atoms with E-state index in [0.717, 1.165) is 6.42 Å². The Morgan fingerprint density at radius 1 is 1.48 bits per heavy atom. The van der Waals surface area contributed by atoms with Gasteiger partial charge < -0.3 is 15.8 Å². The minimum atomic E-state index is -0.434. The van der Waals surface area contributed by atoms with Crippen molar-refractivity contribution in [2.75, 3.05) is 6.54 Å². The van der Waals surface area contributed by atoms with Crippen LogP contribution in [0.5, 0.6) is 0 Å². The number of rotatable bonds is 4. The van der Waals surface area contributed by atoms with Crippen LogP contribution in [0.2, 0.25) is 5.02 Å². The molecule has 21 heavy (non-hydrogen) atoms. The standard InChI is InChI=1S/C15H18ClFN2O2/c16-10-2-1-3-11(17)14(10)9-6-12(9)19-15(20)13-5-4-8(7-18)21-13/h1-3,8-9,12-13H,4-7,18H2,(H,19,20)/t8-,9?,12?,13+/m1/s1. The van der Waals surface area contributed by atoms with Gasteiger partial charge in [0.2, 0.25) is 5.91 Å². The van der Waals surface area contributed by atoms with Gasteiger partial charge in [0, 0.05) is 29.1 Å². The van der Waals surface area contributed by atoms with Crippen molar-refractivity contribution in [1.82, 2.24) is 5.32 Å². The molecular weight excluding hydrogens is 295 g/mol. The number of nitrogens with one attached hydrogen (secondary N) is 1. The summed E-state index contributed by atoms with van der Waals surface area (Å²) in [5.74, 6) is -0.496. The molecule has 0 aromatic heterocycles. The molecule has 3 rings (SSSR count). The van der Waals surface area contributed by atoms with Crippen LogP contribution in [0.25, 0.3) is 0 Å². The van der Waals surface area contributed by atoms with E-state index < -0.39 is 6.10 Å². The molecule has 2 unspecified atom stereocenters. The molecule has 6 heteroatoms. The second-order valence-corrected chi connectivity index (χ2v) is 6.06. The van der Waals surface area contributed by atoms with E-state index in [1.54, 1.807) is 12.1 Å². The van der Waals surface area contributed by atoms with Gasteiger partial charge >= 0.3 is 0 Å². The zero-order valence-corrected chi connectivity index (χ0v) is 12.3. The Hall–Kier alpha value is -1.17. The number of amides is 1. The highest BCUT2D eigenvalue weighted by atomic mass is 35.5. The third-order valence-corrected chi connectivity index (χ3v) is 4.48. The highest BCUT2D eigenvalue weighted by Crippen LogP contribution is 2.45. The van der Waals surface area contributed by atoms with Gasteiger partial charge in [-0.05, 0) is 31.4 Å². The lowest BCUT2D eigenvalue weighted by molar-refractivity contribution is -0.132. The van der Waals surface area contributed by atoms with Gasteiger partial charge in [-0.25, -0.2) is 4.39 Å². The van der Waals surface area contributed by atoms with Crippen molar-refractivity contribution in [3.63, 3.8) is 0 Å². The van der Waals surface area contributed by atoms with Gasteiger partial charge in [-0.3, -0.25) is 4.79 Å². The predicted octanol–water partition coefficient (Wildman–Crippen LogP) is 1.96. The Kier molecular flexibility index (Phi) is 4.15. The Morgan fingerprint density at radius 3 is 2.95 bits per heavy atom. The van der Waals surface area contributed by atoms with Crippen LogP contribution in [0.3, 0.4) is 0 Å². The molecule has 2 aliphatic rings. The predicted molar refractivity (Wildman–Crippen MR) is 77.6 cm³/mol. The van der Waals surface area contributed by atoms with Crippen LogP contribution >= 0.6 is 11.6 Å². The second kappa shape index (κ2) is 5.91. The quantitative estimate of drug-likeness (QED) is 0.893. The van der Waals surface area contributed by atoms with Gasteiger partial charge in [-0.1, -0.05) is 17.7 Å². The van der Waals surface area contributed by atoms with Gasteiger partial charge in [0.15, 0.2) is 0 Å². The summed E-state index contributed by atoms with van der Waals surface area (Å²) in [4.78, 5) is 12.1. The van der Waals surface area contributed by atoms with Crippen LogP contribution in [0.15, 0.2) is 18.2 Å². The summed E-state index contributed by atoms with van der Waals surface area (Å²) in [6, 6.07) is 4.58. The number of carbonyl (C=O) groups excluding carboxylic acids is 1. The van der Waals surface area contributed by atoms with Crippen molar-refractivity contribution in [2.24, 2.45) is 5.73 Å². The molecule has 0 spiro atoms. The van der Waals surface area contributed by atoms with Gasteiger partial charge in [0.1, 0.15) is 11.9 Å². The topological polar surface area (TPSA) is 64.4 Å². The number of ether oxygens (including phenoxy) is 1. The van der Waals surface area contributed by atoms with E-state index in [9.17, 15) is 9.18 Å². The number of carbonyl (C=O) groups is 1. The van der Waals surface area contributed by atoms with Crippen molar-refractivity contribution < 1.29 is 13.9 Å². The van der Waals surface area contributed by atoms with Gasteiger partial charge in [0.05, 0.1) is 6.10 Å². The van der Waals surface area contributed by atoms with E-state index in [2.05, 4.69) is 5.32 Å². The summed E-state index contributed by atoms with van der Waals surface area (Å²) >= 11 is 6.04. The van der Waals surface area contributed by atoms with E-state index in [0.29, 0.717) is 30.0 Å². The third kappa shape index (κ3) is 3.05. The summed E-state index contributed by atoms with van der Waals surface area (Å²) in [6.07, 6.45) is 1.74. The van der Waals surface area contributed by atoms with E-state index in [4.69, 9.17) is 22.1 Å². The minimum Gasteiger partial charge on any atom is -0.364 e. The van der Waals surface area contributed by atoms with Crippen LogP contribution in [0.4, 0.5) is 4.39 Å². The Morgan fingerprint density at radius 2 is 2.29 bits per heavy atom. The summed E-state index contributed by atoms with van der Waals surface area (Å²) in [5.41, 5.74) is 6.02. The van der Waals surface area contributed by atoms with Crippen LogP contribution in [0, 0.1) is 5.82 Å². The SMILES string of the molecule is NC[C@H]1CC[C@@H](C(=O)NC2CC2c2c(F)cccc2Cl)O1. The number of hydrogen-bond donors (Lipinski definition) is 2. The van der Waals surface area contributed by atoms with Crippen molar-refractivity contribution in [3.05, 3.63) is 34.6 Å². The molecule has 1 saturated heterocycles. The molecule has 1 aromatic rings. The van der Waals surface area contributed by atoms with Crippen LogP contribution in [-0.2, 0) is 9.53 Å². The highest BCUT2D eigenvalue weighted by Gasteiger charge is 2.43. The second-order valence-electron chi connectivity index (χ2n) is 5.65. The number of benzene rings is 1. The monoisotopic (exact) mass is 312 g/mol. The summed E-state index contributed by atoms with van der Waals surface area (Å²) in [5, 5.41) is 3.33. The van der Waals surface area contributed by atoms with E-state index >= 15 is 0 Å². The zero-order chi connectivity index (χ0) is 15.0. The van der Waals surface area contributed by atoms with E-state index in [1.807, 2.05) is 0 Å². The van der Waals surface area contributed by atoms with Crippen molar-refractivity contribution in [2.45, 2.75) is 43.4 Å². The fourth-order valence-electron chi connectivity index (χ4n) is 2.89. The molecule has 1 saturated carbocycles. The molecule has 1 aliphatic carbocycles. The third-order valence-electron chi connectivity index (χ3n) is 4.15. The Bertz CT molecular complexity index is 534. The average molecular weight is 313 g/mol. The first-order chi connectivity index (χ1) is 10.1. The molecule has 2 fully saturated rings. The van der Waals surface area contributed by atoms with Gasteiger partial charge in [-0.15, -0.1) is 0 Å². The summed E-state index contributed by atoms with van der Waals surface area (Å²) in [7, 11) is 0. The fraction of sp³-hybridized carbons (Fsp3) is 0.533. The molecule has 1 aliphatic heterocycles. The van der Waals surface area contributed by atoms with Gasteiger partial charge in [0.25, 0.3) is 0 Å². The molecule has 4 atom stereocenters. The first-order valence-corrected chi connectivity index (χ1v) is 7.57. The van der Waals surface area contributed by atoms with Crippen molar-refractivity contribution in [1.29, 1.82) is 0 Å². The summed E-state index contributed by atoms with van der Waals surface area (Å²) < 4.78 is 19.4. The lowest BCUT2D eigenvalue weighted by atomic mass is 10.1. The molecule has 1 heterocycles. The average Bonchev–Trinajstić information content (AvgIpc) is 3.03. The largest absolute Gasteiger partial charge is 0.364 e. The van der Waals surface area contributed by atoms with E-state index in [-0.39, 0.29) is 29.8 Å². The molecular formula is C15H18ClFN2O2. The summed E-state index contributed by atoms with van der Waals surface area (Å²) in [6.45, 7) is 0.431. The van der Waals surface area contributed by atoms with Crippen molar-refractivity contribution in [3.8, 4) is 0 Å². The Labute approximate surface area is 127 Å². The van der Waals surface area contributed by atoms with Crippen LogP contribution < -0.4 is 11.1 Å². The number of halogens is 2. The molecule has 3 N–H and O–H groups in total. The number of nitrogens with two attached hydrogens (primary N) is 1. The first-order valence-electron chi connectivity index (χ1n) is 7.20. The fourth-order valence-corrected chi connectivity index (χ4v) is 3.19. The lowest BCUT2D eigenvalue weighted by Crippen LogP contribution is -2.37. The first kappa shape index (κ1) is 14.8. The van der Waals surface area contributed by atoms with Crippen LogP contribution in [-0.4, -0.2) is 30.7 Å². The maximum absolute atomic E-state index is 13.8. The lowest BCUT2D eigenvalue weighted by Gasteiger charge is -2.13. The minimum absolute atomic E-state index is 0.0308. The van der Waals surface area contributed by atoms with E-state index in [1.165, 1.54) is 6.07 Å². The Balaban J connectivity index is 1.58. The molecule has 114 valence electrons. The smallest absolute Gasteiger partial charge is 0.249 e. The normalized spacial score (nSPS) is 31.2. The zero-order valence-electron chi connectivity index (χ0n) is 11.5. The molecule has 1 amide bonds. The molecule has 0 radical (unpaired) electrons. The maximum atomic E-state index is 13.8.